The minimum Gasteiger partial charge on any atom is -0.485 e. The Morgan fingerprint density at radius 1 is 1.33 bits per heavy atom. The third-order valence-corrected chi connectivity index (χ3v) is 4.28. The number of benzene rings is 1. The van der Waals surface area contributed by atoms with E-state index < -0.39 is 11.4 Å². The molecule has 1 spiro atoms. The summed E-state index contributed by atoms with van der Waals surface area (Å²) in [7, 11) is 0. The third-order valence-electron chi connectivity index (χ3n) is 3.65. The van der Waals surface area contributed by atoms with E-state index in [0.29, 0.717) is 10.2 Å². The van der Waals surface area contributed by atoms with Gasteiger partial charge < -0.3 is 10.1 Å². The van der Waals surface area contributed by atoms with Gasteiger partial charge in [0.2, 0.25) is 0 Å². The maximum absolute atomic E-state index is 13.7. The van der Waals surface area contributed by atoms with Gasteiger partial charge in [0.25, 0.3) is 0 Å². The Morgan fingerprint density at radius 3 is 2.78 bits per heavy atom. The highest BCUT2D eigenvalue weighted by Crippen LogP contribution is 2.42. The molecule has 3 rings (SSSR count). The van der Waals surface area contributed by atoms with Crippen LogP contribution >= 0.6 is 15.9 Å². The monoisotopic (exact) mass is 313 g/mol. The quantitative estimate of drug-likeness (QED) is 0.800. The number of nitrogens with one attached hydrogen (secondary N) is 1. The van der Waals surface area contributed by atoms with Crippen LogP contribution in [0.4, 0.5) is 4.39 Å². The average molecular weight is 314 g/mol. The largest absolute Gasteiger partial charge is 0.485 e. The standard InChI is InChI=1S/C13H13BrFNO2/c14-8-1-2-9(15)11-10(17)7-13(18-12(8)11)3-5-16-6-4-13/h1-2,16H,3-7H2. The predicted octanol–water partition coefficient (Wildman–Crippen LogP) is 2.68. The van der Waals surface area contributed by atoms with E-state index in [0.717, 1.165) is 25.9 Å². The molecule has 0 bridgehead atoms. The Kier molecular flexibility index (Phi) is 2.90. The van der Waals surface area contributed by atoms with Crippen LogP contribution in [-0.4, -0.2) is 24.5 Å². The molecule has 1 aromatic rings. The number of rotatable bonds is 0. The molecule has 1 aromatic carbocycles. The Labute approximate surface area is 113 Å². The van der Waals surface area contributed by atoms with E-state index in [-0.39, 0.29) is 17.8 Å². The SMILES string of the molecule is O=C1CC2(CCNCC2)Oc2c(Br)ccc(F)c21. The number of Topliss-reactive ketones (excluding diaryl/α,β-unsaturated/α-hetero) is 1. The number of hydrogen-bond acceptors (Lipinski definition) is 3. The fourth-order valence-electron chi connectivity index (χ4n) is 2.69. The van der Waals surface area contributed by atoms with Crippen LogP contribution in [0.1, 0.15) is 29.6 Å². The molecule has 1 saturated heterocycles. The molecule has 0 unspecified atom stereocenters. The van der Waals surface area contributed by atoms with Crippen molar-refractivity contribution < 1.29 is 13.9 Å². The zero-order chi connectivity index (χ0) is 12.8. The molecule has 1 fully saturated rings. The van der Waals surface area contributed by atoms with E-state index in [2.05, 4.69) is 21.2 Å². The lowest BCUT2D eigenvalue weighted by Crippen LogP contribution is -2.49. The van der Waals surface area contributed by atoms with Crippen molar-refractivity contribution >= 4 is 21.7 Å². The van der Waals surface area contributed by atoms with E-state index in [1.165, 1.54) is 6.07 Å². The van der Waals surface area contributed by atoms with Crippen LogP contribution in [0.25, 0.3) is 0 Å². The molecule has 0 aromatic heterocycles. The number of ether oxygens (including phenoxy) is 1. The number of carbonyl (C=O) groups is 1. The molecular formula is C13H13BrFNO2. The number of fused-ring (bicyclic) bond motifs is 1. The minimum atomic E-state index is -0.498. The van der Waals surface area contributed by atoms with Crippen LogP contribution in [0, 0.1) is 5.82 Å². The van der Waals surface area contributed by atoms with E-state index in [1.807, 2.05) is 0 Å². The predicted molar refractivity (Wildman–Crippen MR) is 68.5 cm³/mol. The summed E-state index contributed by atoms with van der Waals surface area (Å²) in [4.78, 5) is 12.2. The molecule has 2 aliphatic rings. The van der Waals surface area contributed by atoms with Gasteiger partial charge in [-0.3, -0.25) is 4.79 Å². The van der Waals surface area contributed by atoms with Gasteiger partial charge in [-0.15, -0.1) is 0 Å². The third kappa shape index (κ3) is 1.86. The summed E-state index contributed by atoms with van der Waals surface area (Å²) in [6, 6.07) is 2.88. The van der Waals surface area contributed by atoms with Crippen LogP contribution in [0.3, 0.4) is 0 Å². The second kappa shape index (κ2) is 4.31. The van der Waals surface area contributed by atoms with Crippen molar-refractivity contribution in [3.05, 3.63) is 28.0 Å². The number of ketones is 1. The molecule has 2 aliphatic heterocycles. The molecule has 0 atom stereocenters. The van der Waals surface area contributed by atoms with Gasteiger partial charge in [0.15, 0.2) is 5.78 Å². The molecule has 2 heterocycles. The molecule has 96 valence electrons. The zero-order valence-corrected chi connectivity index (χ0v) is 11.3. The molecule has 3 nitrogen and oxygen atoms in total. The van der Waals surface area contributed by atoms with Gasteiger partial charge in [-0.2, -0.15) is 0 Å². The fraction of sp³-hybridized carbons (Fsp3) is 0.462. The first-order chi connectivity index (χ1) is 8.61. The lowest BCUT2D eigenvalue weighted by molar-refractivity contribution is 0.0174. The van der Waals surface area contributed by atoms with Crippen LogP contribution < -0.4 is 10.1 Å². The van der Waals surface area contributed by atoms with Crippen molar-refractivity contribution in [2.45, 2.75) is 24.9 Å². The second-order valence-corrected chi connectivity index (χ2v) is 5.72. The van der Waals surface area contributed by atoms with Gasteiger partial charge in [0.1, 0.15) is 17.2 Å². The highest BCUT2D eigenvalue weighted by molar-refractivity contribution is 9.10. The lowest BCUT2D eigenvalue weighted by atomic mass is 9.83. The molecule has 0 saturated carbocycles. The Balaban J connectivity index is 2.06. The second-order valence-electron chi connectivity index (χ2n) is 4.87. The fourth-order valence-corrected chi connectivity index (χ4v) is 3.10. The van der Waals surface area contributed by atoms with Gasteiger partial charge >= 0.3 is 0 Å². The van der Waals surface area contributed by atoms with Gasteiger partial charge in [-0.25, -0.2) is 4.39 Å². The first-order valence-corrected chi connectivity index (χ1v) is 6.82. The summed E-state index contributed by atoms with van der Waals surface area (Å²) in [6.45, 7) is 1.66. The van der Waals surface area contributed by atoms with Crippen LogP contribution in [0.5, 0.6) is 5.75 Å². The van der Waals surface area contributed by atoms with Gasteiger partial charge in [-0.1, -0.05) is 0 Å². The van der Waals surface area contributed by atoms with Gasteiger partial charge in [0.05, 0.1) is 16.5 Å². The van der Waals surface area contributed by atoms with Crippen LogP contribution in [-0.2, 0) is 0 Å². The molecule has 0 radical (unpaired) electrons. The summed E-state index contributed by atoms with van der Waals surface area (Å²) in [6.07, 6.45) is 1.83. The number of halogens is 2. The molecular weight excluding hydrogens is 301 g/mol. The number of hydrogen-bond donors (Lipinski definition) is 1. The summed E-state index contributed by atoms with van der Waals surface area (Å²) in [5.74, 6) is -0.285. The van der Waals surface area contributed by atoms with E-state index in [1.54, 1.807) is 6.07 Å². The average Bonchev–Trinajstić information content (AvgIpc) is 2.34. The van der Waals surface area contributed by atoms with Crippen molar-refractivity contribution in [3.63, 3.8) is 0 Å². The van der Waals surface area contributed by atoms with Crippen molar-refractivity contribution in [3.8, 4) is 5.75 Å². The Hall–Kier alpha value is -0.940. The van der Waals surface area contributed by atoms with Crippen molar-refractivity contribution in [2.24, 2.45) is 0 Å². The number of carbonyl (C=O) groups excluding carboxylic acids is 1. The van der Waals surface area contributed by atoms with Crippen molar-refractivity contribution in [1.82, 2.24) is 5.32 Å². The summed E-state index contributed by atoms with van der Waals surface area (Å²) in [5.41, 5.74) is -0.361. The maximum Gasteiger partial charge on any atom is 0.173 e. The molecule has 0 aliphatic carbocycles. The molecule has 0 amide bonds. The van der Waals surface area contributed by atoms with E-state index in [4.69, 9.17) is 4.74 Å². The lowest BCUT2D eigenvalue weighted by Gasteiger charge is -2.41. The smallest absolute Gasteiger partial charge is 0.173 e. The van der Waals surface area contributed by atoms with Gasteiger partial charge in [0, 0.05) is 12.8 Å². The van der Waals surface area contributed by atoms with Crippen LogP contribution in [0.2, 0.25) is 0 Å². The van der Waals surface area contributed by atoms with E-state index in [9.17, 15) is 9.18 Å². The highest BCUT2D eigenvalue weighted by atomic mass is 79.9. The Bertz CT molecular complexity index is 512. The zero-order valence-electron chi connectivity index (χ0n) is 9.76. The first kappa shape index (κ1) is 12.1. The van der Waals surface area contributed by atoms with Crippen molar-refractivity contribution in [2.75, 3.05) is 13.1 Å². The summed E-state index contributed by atoms with van der Waals surface area (Å²) < 4.78 is 20.4. The topological polar surface area (TPSA) is 38.3 Å². The highest BCUT2D eigenvalue weighted by Gasteiger charge is 2.43. The molecule has 18 heavy (non-hydrogen) atoms. The molecule has 1 N–H and O–H groups in total. The van der Waals surface area contributed by atoms with Crippen LogP contribution in [0.15, 0.2) is 16.6 Å². The first-order valence-electron chi connectivity index (χ1n) is 6.02. The number of piperidine rings is 1. The normalized spacial score (nSPS) is 21.6. The van der Waals surface area contributed by atoms with Crippen molar-refractivity contribution in [1.29, 1.82) is 0 Å². The Morgan fingerprint density at radius 2 is 2.06 bits per heavy atom. The molecule has 5 heteroatoms. The summed E-state index contributed by atoms with van der Waals surface area (Å²) in [5, 5.41) is 3.24. The van der Waals surface area contributed by atoms with E-state index >= 15 is 0 Å². The summed E-state index contributed by atoms with van der Waals surface area (Å²) >= 11 is 3.33. The minimum absolute atomic E-state index is 0.0912. The van der Waals surface area contributed by atoms with Gasteiger partial charge in [-0.05, 0) is 41.2 Å². The maximum atomic E-state index is 13.7.